The Morgan fingerprint density at radius 3 is 2.86 bits per heavy atom. The molecule has 3 rings (SSSR count). The second-order valence-electron chi connectivity index (χ2n) is 4.47. The van der Waals surface area contributed by atoms with E-state index in [2.05, 4.69) is 25.9 Å². The first-order chi connectivity index (χ1) is 10.2. The van der Waals surface area contributed by atoms with Crippen LogP contribution in [0.25, 0.3) is 16.9 Å². The van der Waals surface area contributed by atoms with E-state index in [1.54, 1.807) is 25.8 Å². The number of pyridine rings is 1. The fraction of sp³-hybridized carbons (Fsp3) is 0.0667. The van der Waals surface area contributed by atoms with Gasteiger partial charge in [0.05, 0.1) is 31.0 Å². The highest BCUT2D eigenvalue weighted by atomic mass is 79.9. The van der Waals surface area contributed by atoms with E-state index < -0.39 is 0 Å². The Balaban J connectivity index is 2.13. The molecule has 0 amide bonds. The minimum Gasteiger partial charge on any atom is -0.497 e. The van der Waals surface area contributed by atoms with Gasteiger partial charge in [-0.3, -0.25) is 4.57 Å². The highest BCUT2D eigenvalue weighted by Crippen LogP contribution is 2.28. The van der Waals surface area contributed by atoms with Crippen molar-refractivity contribution < 1.29 is 4.74 Å². The highest BCUT2D eigenvalue weighted by molar-refractivity contribution is 9.10. The molecule has 3 aromatic rings. The lowest BCUT2D eigenvalue weighted by molar-refractivity contribution is 0.414. The van der Waals surface area contributed by atoms with E-state index in [9.17, 15) is 0 Å². The summed E-state index contributed by atoms with van der Waals surface area (Å²) in [4.78, 5) is 8.25. The third kappa shape index (κ3) is 2.75. The molecule has 5 nitrogen and oxygen atoms in total. The van der Waals surface area contributed by atoms with Gasteiger partial charge in [0, 0.05) is 22.3 Å². The molecule has 106 valence electrons. The molecular formula is C15H13BrN4O. The zero-order valence-electron chi connectivity index (χ0n) is 11.3. The molecule has 1 aromatic carbocycles. The van der Waals surface area contributed by atoms with Crippen LogP contribution in [-0.2, 0) is 0 Å². The molecule has 0 unspecified atom stereocenters. The minimum absolute atomic E-state index is 0.479. The van der Waals surface area contributed by atoms with Crippen molar-refractivity contribution in [2.24, 2.45) is 0 Å². The first-order valence-corrected chi connectivity index (χ1v) is 7.06. The monoisotopic (exact) mass is 344 g/mol. The van der Waals surface area contributed by atoms with Crippen molar-refractivity contribution in [3.63, 3.8) is 0 Å². The molecule has 0 saturated heterocycles. The number of nitrogens with two attached hydrogens (primary N) is 1. The molecule has 2 heterocycles. The average Bonchev–Trinajstić information content (AvgIpc) is 2.96. The molecule has 0 atom stereocenters. The number of nitrogen functional groups attached to an aromatic ring is 1. The van der Waals surface area contributed by atoms with Crippen LogP contribution in [0.3, 0.4) is 0 Å². The normalized spacial score (nSPS) is 10.6. The lowest BCUT2D eigenvalue weighted by Gasteiger charge is -2.11. The van der Waals surface area contributed by atoms with Crippen LogP contribution in [0.5, 0.6) is 5.75 Å². The number of hydrogen-bond donors (Lipinski definition) is 1. The summed E-state index contributed by atoms with van der Waals surface area (Å²) < 4.78 is 8.21. The van der Waals surface area contributed by atoms with Crippen LogP contribution in [0, 0.1) is 0 Å². The van der Waals surface area contributed by atoms with E-state index in [-0.39, 0.29) is 0 Å². The third-order valence-corrected chi connectivity index (χ3v) is 3.54. The van der Waals surface area contributed by atoms with Gasteiger partial charge in [0.25, 0.3) is 0 Å². The summed E-state index contributed by atoms with van der Waals surface area (Å²) in [5.74, 6) is 1.25. The van der Waals surface area contributed by atoms with Crippen molar-refractivity contribution in [3.8, 4) is 22.7 Å². The topological polar surface area (TPSA) is 66.0 Å². The first-order valence-electron chi connectivity index (χ1n) is 6.26. The average molecular weight is 345 g/mol. The van der Waals surface area contributed by atoms with Gasteiger partial charge in [-0.25, -0.2) is 9.97 Å². The molecule has 6 heteroatoms. The first kappa shape index (κ1) is 13.6. The maximum atomic E-state index is 5.75. The number of imidazole rings is 1. The zero-order chi connectivity index (χ0) is 14.8. The molecule has 0 aliphatic heterocycles. The second-order valence-corrected chi connectivity index (χ2v) is 5.38. The van der Waals surface area contributed by atoms with E-state index in [1.807, 2.05) is 34.9 Å². The van der Waals surface area contributed by atoms with Crippen molar-refractivity contribution in [1.29, 1.82) is 0 Å². The van der Waals surface area contributed by atoms with Gasteiger partial charge in [0.1, 0.15) is 11.6 Å². The maximum absolute atomic E-state index is 5.75. The second kappa shape index (κ2) is 5.57. The van der Waals surface area contributed by atoms with Crippen molar-refractivity contribution in [1.82, 2.24) is 14.5 Å². The van der Waals surface area contributed by atoms with E-state index in [1.165, 1.54) is 0 Å². The Morgan fingerprint density at radius 1 is 1.24 bits per heavy atom. The maximum Gasteiger partial charge on any atom is 0.123 e. The largest absolute Gasteiger partial charge is 0.497 e. The van der Waals surface area contributed by atoms with Crippen LogP contribution in [0.2, 0.25) is 0 Å². The van der Waals surface area contributed by atoms with Gasteiger partial charge in [0.15, 0.2) is 0 Å². The van der Waals surface area contributed by atoms with Crippen LogP contribution in [0.4, 0.5) is 5.82 Å². The van der Waals surface area contributed by atoms with E-state index >= 15 is 0 Å². The third-order valence-electron chi connectivity index (χ3n) is 3.09. The smallest absolute Gasteiger partial charge is 0.123 e. The molecular weight excluding hydrogens is 332 g/mol. The van der Waals surface area contributed by atoms with Gasteiger partial charge in [-0.2, -0.15) is 0 Å². The van der Waals surface area contributed by atoms with Crippen LogP contribution < -0.4 is 10.5 Å². The van der Waals surface area contributed by atoms with E-state index in [0.29, 0.717) is 5.82 Å². The number of rotatable bonds is 3. The van der Waals surface area contributed by atoms with Crippen molar-refractivity contribution in [3.05, 3.63) is 53.5 Å². The summed E-state index contributed by atoms with van der Waals surface area (Å²) in [6.07, 6.45) is 5.23. The predicted molar refractivity (Wildman–Crippen MR) is 85.5 cm³/mol. The molecule has 2 aromatic heterocycles. The number of hydrogen-bond acceptors (Lipinski definition) is 4. The highest BCUT2D eigenvalue weighted by Gasteiger charge is 2.09. The Bertz CT molecular complexity index is 785. The quantitative estimate of drug-likeness (QED) is 0.791. The van der Waals surface area contributed by atoms with Crippen LogP contribution in [0.15, 0.2) is 53.5 Å². The Kier molecular flexibility index (Phi) is 3.62. The Morgan fingerprint density at radius 2 is 2.10 bits per heavy atom. The number of ether oxygens (including phenoxy) is 1. The standard InChI is InChI=1S/C15H13BrN4O/c1-21-13-6-11(16)5-12(7-13)20-9-18-8-14(20)10-2-3-19-15(17)4-10/h2-9H,1H3,(H2,17,19). The van der Waals surface area contributed by atoms with Crippen molar-refractivity contribution in [2.75, 3.05) is 12.8 Å². The fourth-order valence-electron chi connectivity index (χ4n) is 2.13. The lowest BCUT2D eigenvalue weighted by Crippen LogP contribution is -1.97. The van der Waals surface area contributed by atoms with Crippen LogP contribution in [0.1, 0.15) is 0 Å². The minimum atomic E-state index is 0.479. The number of anilines is 1. The molecule has 21 heavy (non-hydrogen) atoms. The summed E-state index contributed by atoms with van der Waals surface area (Å²) in [6.45, 7) is 0. The SMILES string of the molecule is COc1cc(Br)cc(-n2cncc2-c2ccnc(N)c2)c1. The summed E-state index contributed by atoms with van der Waals surface area (Å²) in [5, 5.41) is 0. The number of nitrogens with zero attached hydrogens (tertiary/aromatic N) is 3. The van der Waals surface area contributed by atoms with E-state index in [4.69, 9.17) is 10.5 Å². The lowest BCUT2D eigenvalue weighted by atomic mass is 10.2. The molecule has 0 saturated carbocycles. The van der Waals surface area contributed by atoms with Gasteiger partial charge < -0.3 is 10.5 Å². The zero-order valence-corrected chi connectivity index (χ0v) is 12.9. The molecule has 0 bridgehead atoms. The van der Waals surface area contributed by atoms with Crippen molar-refractivity contribution in [2.45, 2.75) is 0 Å². The van der Waals surface area contributed by atoms with Crippen LogP contribution in [-0.4, -0.2) is 21.6 Å². The van der Waals surface area contributed by atoms with Crippen LogP contribution >= 0.6 is 15.9 Å². The van der Waals surface area contributed by atoms with Gasteiger partial charge >= 0.3 is 0 Å². The molecule has 0 aliphatic rings. The molecule has 2 N–H and O–H groups in total. The van der Waals surface area contributed by atoms with E-state index in [0.717, 1.165) is 27.2 Å². The predicted octanol–water partition coefficient (Wildman–Crippen LogP) is 3.29. The fourth-order valence-corrected chi connectivity index (χ4v) is 2.59. The van der Waals surface area contributed by atoms with Gasteiger partial charge in [-0.05, 0) is 24.3 Å². The van der Waals surface area contributed by atoms with Gasteiger partial charge in [0.2, 0.25) is 0 Å². The van der Waals surface area contributed by atoms with Gasteiger partial charge in [-0.1, -0.05) is 15.9 Å². The summed E-state index contributed by atoms with van der Waals surface area (Å²) in [6, 6.07) is 9.57. The molecule has 0 fully saturated rings. The molecule has 0 spiro atoms. The summed E-state index contributed by atoms with van der Waals surface area (Å²) in [7, 11) is 1.64. The summed E-state index contributed by atoms with van der Waals surface area (Å²) >= 11 is 3.49. The Labute approximate surface area is 130 Å². The van der Waals surface area contributed by atoms with Gasteiger partial charge in [-0.15, -0.1) is 0 Å². The Hall–Kier alpha value is -2.34. The number of methoxy groups -OCH3 is 1. The molecule has 0 radical (unpaired) electrons. The molecule has 0 aliphatic carbocycles. The number of benzene rings is 1. The summed E-state index contributed by atoms with van der Waals surface area (Å²) in [5.41, 5.74) is 8.60. The van der Waals surface area contributed by atoms with Crippen molar-refractivity contribution >= 4 is 21.7 Å². The number of aromatic nitrogens is 3. The number of halogens is 1.